The fourth-order valence-corrected chi connectivity index (χ4v) is 1.20. The van der Waals surface area contributed by atoms with E-state index in [0.29, 0.717) is 5.92 Å². The zero-order valence-electron chi connectivity index (χ0n) is 4.82. The van der Waals surface area contributed by atoms with Crippen molar-refractivity contribution in [2.24, 2.45) is 11.7 Å². The van der Waals surface area contributed by atoms with E-state index in [2.05, 4.69) is 29.8 Å². The Morgan fingerprint density at radius 1 is 1.57 bits per heavy atom. The molecule has 0 amide bonds. The number of hydrogen-bond acceptors (Lipinski definition) is 1. The molecular formula is C5H12BrN. The van der Waals surface area contributed by atoms with Crippen LogP contribution in [-0.4, -0.2) is 4.95 Å². The van der Waals surface area contributed by atoms with Crippen LogP contribution in [0.15, 0.2) is 0 Å². The van der Waals surface area contributed by atoms with Gasteiger partial charge in [0, 0.05) is 0 Å². The minimum Gasteiger partial charge on any atom is -0.319 e. The second-order valence-electron chi connectivity index (χ2n) is 2.15. The van der Waals surface area contributed by atoms with Gasteiger partial charge in [-0.3, -0.25) is 0 Å². The van der Waals surface area contributed by atoms with Gasteiger partial charge in [-0.05, 0) is 12.3 Å². The molecule has 0 bridgehead atoms. The first-order valence-electron chi connectivity index (χ1n) is 2.52. The molecular weight excluding hydrogens is 154 g/mol. The van der Waals surface area contributed by atoms with Gasteiger partial charge >= 0.3 is 0 Å². The Hall–Kier alpha value is 0.440. The van der Waals surface area contributed by atoms with Crippen molar-refractivity contribution < 1.29 is 0 Å². The van der Waals surface area contributed by atoms with E-state index in [1.165, 1.54) is 0 Å². The van der Waals surface area contributed by atoms with E-state index in [-0.39, 0.29) is 4.95 Å². The Morgan fingerprint density at radius 2 is 2.00 bits per heavy atom. The van der Waals surface area contributed by atoms with Crippen LogP contribution >= 0.6 is 15.9 Å². The fourth-order valence-electron chi connectivity index (χ4n) is 0.450. The standard InChI is InChI=1S/C5H12BrN/c1-4(2)3-5(6)7/h4-5H,3,7H2,1-2H3. The highest BCUT2D eigenvalue weighted by Crippen LogP contribution is 2.05. The van der Waals surface area contributed by atoms with Gasteiger partial charge in [0.2, 0.25) is 0 Å². The highest BCUT2D eigenvalue weighted by Gasteiger charge is 1.97. The first kappa shape index (κ1) is 7.44. The maximum atomic E-state index is 5.41. The Balaban J connectivity index is 2.95. The molecule has 0 saturated heterocycles. The summed E-state index contributed by atoms with van der Waals surface area (Å²) in [6, 6.07) is 0. The Labute approximate surface area is 53.4 Å². The summed E-state index contributed by atoms with van der Waals surface area (Å²) in [7, 11) is 0. The Bertz CT molecular complexity index is 37.3. The molecule has 2 heteroatoms. The fraction of sp³-hybridized carbons (Fsp3) is 1.00. The summed E-state index contributed by atoms with van der Waals surface area (Å²) in [5, 5.41) is 0. The topological polar surface area (TPSA) is 26.0 Å². The highest BCUT2D eigenvalue weighted by atomic mass is 79.9. The van der Waals surface area contributed by atoms with Crippen molar-refractivity contribution >= 4 is 15.9 Å². The third-order valence-electron chi connectivity index (χ3n) is 0.697. The quantitative estimate of drug-likeness (QED) is 0.490. The van der Waals surface area contributed by atoms with E-state index < -0.39 is 0 Å². The maximum absolute atomic E-state index is 5.41. The predicted molar refractivity (Wildman–Crippen MR) is 36.4 cm³/mol. The van der Waals surface area contributed by atoms with Crippen molar-refractivity contribution in [3.05, 3.63) is 0 Å². The summed E-state index contributed by atoms with van der Waals surface area (Å²) in [5.41, 5.74) is 5.41. The summed E-state index contributed by atoms with van der Waals surface area (Å²) in [5.74, 6) is 0.703. The average Bonchev–Trinajstić information content (AvgIpc) is 1.27. The largest absolute Gasteiger partial charge is 0.319 e. The van der Waals surface area contributed by atoms with Crippen molar-refractivity contribution in [2.45, 2.75) is 25.2 Å². The Morgan fingerprint density at radius 3 is 2.00 bits per heavy atom. The summed E-state index contributed by atoms with van der Waals surface area (Å²) in [6.45, 7) is 4.31. The molecule has 0 aromatic heterocycles. The van der Waals surface area contributed by atoms with Gasteiger partial charge in [0.15, 0.2) is 0 Å². The molecule has 0 fully saturated rings. The van der Waals surface area contributed by atoms with Gasteiger partial charge in [0.1, 0.15) is 0 Å². The van der Waals surface area contributed by atoms with Gasteiger partial charge < -0.3 is 5.73 Å². The van der Waals surface area contributed by atoms with E-state index in [4.69, 9.17) is 5.73 Å². The normalized spacial score (nSPS) is 15.0. The molecule has 0 aromatic rings. The van der Waals surface area contributed by atoms with Crippen molar-refractivity contribution in [3.63, 3.8) is 0 Å². The molecule has 0 aromatic carbocycles. The molecule has 2 N–H and O–H groups in total. The number of rotatable bonds is 2. The summed E-state index contributed by atoms with van der Waals surface area (Å²) < 4.78 is 0. The molecule has 1 unspecified atom stereocenters. The number of nitrogens with two attached hydrogens (primary N) is 1. The van der Waals surface area contributed by atoms with Crippen molar-refractivity contribution in [1.82, 2.24) is 0 Å². The van der Waals surface area contributed by atoms with Gasteiger partial charge in [0.05, 0.1) is 4.95 Å². The molecule has 0 spiro atoms. The molecule has 44 valence electrons. The van der Waals surface area contributed by atoms with Crippen LogP contribution in [0.3, 0.4) is 0 Å². The van der Waals surface area contributed by atoms with Crippen LogP contribution in [0.4, 0.5) is 0 Å². The maximum Gasteiger partial charge on any atom is 0.0608 e. The zero-order chi connectivity index (χ0) is 5.86. The van der Waals surface area contributed by atoms with E-state index in [0.717, 1.165) is 6.42 Å². The monoisotopic (exact) mass is 165 g/mol. The smallest absolute Gasteiger partial charge is 0.0608 e. The van der Waals surface area contributed by atoms with Crippen LogP contribution in [0.1, 0.15) is 20.3 Å². The molecule has 0 aliphatic heterocycles. The number of alkyl halides is 1. The molecule has 0 aliphatic carbocycles. The second-order valence-corrected chi connectivity index (χ2v) is 3.32. The lowest BCUT2D eigenvalue weighted by molar-refractivity contribution is 0.580. The predicted octanol–water partition coefficient (Wildman–Crippen LogP) is 1.71. The molecule has 0 radical (unpaired) electrons. The summed E-state index contributed by atoms with van der Waals surface area (Å²) in [6.07, 6.45) is 1.06. The van der Waals surface area contributed by atoms with Crippen molar-refractivity contribution in [2.75, 3.05) is 0 Å². The van der Waals surface area contributed by atoms with Crippen molar-refractivity contribution in [3.8, 4) is 0 Å². The van der Waals surface area contributed by atoms with E-state index in [1.54, 1.807) is 0 Å². The Kier molecular flexibility index (Phi) is 3.66. The molecule has 0 rings (SSSR count). The van der Waals surface area contributed by atoms with E-state index in [1.807, 2.05) is 0 Å². The molecule has 1 nitrogen and oxygen atoms in total. The van der Waals surface area contributed by atoms with Gasteiger partial charge in [0.25, 0.3) is 0 Å². The van der Waals surface area contributed by atoms with Gasteiger partial charge in [-0.15, -0.1) is 0 Å². The van der Waals surface area contributed by atoms with Crippen LogP contribution < -0.4 is 5.73 Å². The summed E-state index contributed by atoms with van der Waals surface area (Å²) >= 11 is 3.25. The van der Waals surface area contributed by atoms with Gasteiger partial charge in [-0.2, -0.15) is 0 Å². The van der Waals surface area contributed by atoms with Crippen LogP contribution in [0.25, 0.3) is 0 Å². The lowest BCUT2D eigenvalue weighted by atomic mass is 10.1. The van der Waals surface area contributed by atoms with Crippen LogP contribution in [0.2, 0.25) is 0 Å². The van der Waals surface area contributed by atoms with Gasteiger partial charge in [-0.1, -0.05) is 29.8 Å². The first-order chi connectivity index (χ1) is 3.13. The van der Waals surface area contributed by atoms with Gasteiger partial charge in [-0.25, -0.2) is 0 Å². The second kappa shape index (κ2) is 3.44. The SMILES string of the molecule is CC(C)CC(N)Br. The first-order valence-corrected chi connectivity index (χ1v) is 3.44. The summed E-state index contributed by atoms with van der Waals surface area (Å²) in [4.78, 5) is 0.187. The third kappa shape index (κ3) is 6.44. The lowest BCUT2D eigenvalue weighted by Gasteiger charge is -2.04. The van der Waals surface area contributed by atoms with Crippen LogP contribution in [0.5, 0.6) is 0 Å². The van der Waals surface area contributed by atoms with Crippen LogP contribution in [0, 0.1) is 5.92 Å². The van der Waals surface area contributed by atoms with E-state index >= 15 is 0 Å². The molecule has 0 heterocycles. The molecule has 0 aliphatic rings. The minimum absolute atomic E-state index is 0.187. The third-order valence-corrected chi connectivity index (χ3v) is 1.07. The van der Waals surface area contributed by atoms with Crippen LogP contribution in [-0.2, 0) is 0 Å². The highest BCUT2D eigenvalue weighted by molar-refractivity contribution is 9.09. The lowest BCUT2D eigenvalue weighted by Crippen LogP contribution is -2.13. The molecule has 0 saturated carbocycles. The zero-order valence-corrected chi connectivity index (χ0v) is 6.40. The number of hydrogen-bond donors (Lipinski definition) is 1. The average molecular weight is 166 g/mol. The van der Waals surface area contributed by atoms with E-state index in [9.17, 15) is 0 Å². The number of halogens is 1. The molecule has 7 heavy (non-hydrogen) atoms. The van der Waals surface area contributed by atoms with Crippen molar-refractivity contribution in [1.29, 1.82) is 0 Å². The molecule has 1 atom stereocenters. The minimum atomic E-state index is 0.187.